The highest BCUT2D eigenvalue weighted by Crippen LogP contribution is 2.30. The van der Waals surface area contributed by atoms with Gasteiger partial charge in [0.2, 0.25) is 0 Å². The summed E-state index contributed by atoms with van der Waals surface area (Å²) in [6.07, 6.45) is 1.35. The number of benzene rings is 2. The second-order valence-corrected chi connectivity index (χ2v) is 7.31. The van der Waals surface area contributed by atoms with Crippen LogP contribution in [0.25, 0.3) is 33.9 Å². The predicted molar refractivity (Wildman–Crippen MR) is 117 cm³/mol. The van der Waals surface area contributed by atoms with Crippen LogP contribution in [-0.2, 0) is 0 Å². The molecular weight excluding hydrogens is 436 g/mol. The molecule has 11 heteroatoms. The minimum Gasteiger partial charge on any atom is -0.422 e. The van der Waals surface area contributed by atoms with Crippen molar-refractivity contribution in [1.29, 1.82) is 5.26 Å². The lowest BCUT2D eigenvalue weighted by atomic mass is 10.1. The standard InChI is InChI=1S/C21H10N4O6S/c22-10-14(7-12-3-1-2-4-18(12)25(29)30)20-23-17(11-32-20)16-9-13-8-15(24(27)28)5-6-19(13)31-21(16)26/h1-9,11H. The third-order valence-corrected chi connectivity index (χ3v) is 5.37. The molecule has 0 fully saturated rings. The fourth-order valence-corrected chi connectivity index (χ4v) is 3.78. The molecular formula is C21H10N4O6S. The number of aromatic nitrogens is 1. The molecule has 0 aliphatic rings. The number of fused-ring (bicyclic) bond motifs is 1. The summed E-state index contributed by atoms with van der Waals surface area (Å²) in [5.74, 6) is 0. The smallest absolute Gasteiger partial charge is 0.345 e. The number of para-hydroxylation sites is 1. The molecule has 0 aliphatic heterocycles. The number of nitriles is 1. The first-order valence-corrected chi connectivity index (χ1v) is 9.79. The van der Waals surface area contributed by atoms with Crippen LogP contribution in [0, 0.1) is 31.6 Å². The van der Waals surface area contributed by atoms with Gasteiger partial charge in [0, 0.05) is 29.0 Å². The van der Waals surface area contributed by atoms with Crippen molar-refractivity contribution in [3.63, 3.8) is 0 Å². The van der Waals surface area contributed by atoms with Gasteiger partial charge in [0.05, 0.1) is 32.2 Å². The van der Waals surface area contributed by atoms with Gasteiger partial charge >= 0.3 is 5.63 Å². The van der Waals surface area contributed by atoms with E-state index in [0.717, 1.165) is 11.3 Å². The molecule has 2 heterocycles. The van der Waals surface area contributed by atoms with Crippen molar-refractivity contribution in [3.05, 3.63) is 95.1 Å². The summed E-state index contributed by atoms with van der Waals surface area (Å²) in [7, 11) is 0. The second kappa shape index (κ2) is 8.21. The van der Waals surface area contributed by atoms with E-state index in [2.05, 4.69) is 4.98 Å². The van der Waals surface area contributed by atoms with Crippen LogP contribution in [0.4, 0.5) is 11.4 Å². The van der Waals surface area contributed by atoms with Gasteiger partial charge in [0.1, 0.15) is 16.7 Å². The van der Waals surface area contributed by atoms with Gasteiger partial charge in [-0.05, 0) is 24.3 Å². The first-order chi connectivity index (χ1) is 15.4. The van der Waals surface area contributed by atoms with Gasteiger partial charge in [-0.25, -0.2) is 9.78 Å². The quantitative estimate of drug-likeness (QED) is 0.183. The Bertz CT molecular complexity index is 1530. The van der Waals surface area contributed by atoms with Gasteiger partial charge in [-0.2, -0.15) is 5.26 Å². The van der Waals surface area contributed by atoms with Crippen LogP contribution in [0.15, 0.2) is 63.1 Å². The lowest BCUT2D eigenvalue weighted by molar-refractivity contribution is -0.385. The third kappa shape index (κ3) is 3.85. The molecule has 2 aromatic carbocycles. The fraction of sp³-hybridized carbons (Fsp3) is 0. The summed E-state index contributed by atoms with van der Waals surface area (Å²) in [5.41, 5.74) is -0.207. The van der Waals surface area contributed by atoms with E-state index < -0.39 is 15.5 Å². The molecule has 0 aliphatic carbocycles. The van der Waals surface area contributed by atoms with Crippen molar-refractivity contribution in [1.82, 2.24) is 4.98 Å². The lowest BCUT2D eigenvalue weighted by Gasteiger charge is -2.00. The molecule has 4 rings (SSSR count). The van der Waals surface area contributed by atoms with E-state index in [1.54, 1.807) is 6.07 Å². The number of nitro groups is 2. The Balaban J connectivity index is 1.78. The minimum absolute atomic E-state index is 0.0727. The maximum absolute atomic E-state index is 12.4. The van der Waals surface area contributed by atoms with Gasteiger partial charge in [-0.3, -0.25) is 20.2 Å². The Morgan fingerprint density at radius 3 is 2.62 bits per heavy atom. The molecule has 10 nitrogen and oxygen atoms in total. The molecule has 0 spiro atoms. The molecule has 2 aromatic heterocycles. The van der Waals surface area contributed by atoms with Crippen molar-refractivity contribution < 1.29 is 14.3 Å². The maximum atomic E-state index is 12.4. The zero-order chi connectivity index (χ0) is 22.8. The van der Waals surface area contributed by atoms with Gasteiger partial charge in [-0.15, -0.1) is 11.3 Å². The van der Waals surface area contributed by atoms with Gasteiger partial charge < -0.3 is 4.42 Å². The second-order valence-electron chi connectivity index (χ2n) is 6.45. The Morgan fingerprint density at radius 2 is 1.91 bits per heavy atom. The number of hydrogen-bond acceptors (Lipinski definition) is 9. The van der Waals surface area contributed by atoms with Crippen LogP contribution in [0.3, 0.4) is 0 Å². The van der Waals surface area contributed by atoms with Crippen molar-refractivity contribution in [2.45, 2.75) is 0 Å². The number of thiazole rings is 1. The summed E-state index contributed by atoms with van der Waals surface area (Å²) in [5, 5.41) is 33.9. The number of allylic oxidation sites excluding steroid dienone is 1. The molecule has 0 saturated carbocycles. The summed E-state index contributed by atoms with van der Waals surface area (Å²) in [4.78, 5) is 37.9. The van der Waals surface area contributed by atoms with Crippen molar-refractivity contribution in [2.24, 2.45) is 0 Å². The normalized spacial score (nSPS) is 11.3. The Labute approximate surface area is 182 Å². The fourth-order valence-electron chi connectivity index (χ4n) is 3.00. The van der Waals surface area contributed by atoms with Crippen LogP contribution in [0.2, 0.25) is 0 Å². The van der Waals surface area contributed by atoms with E-state index in [9.17, 15) is 30.3 Å². The zero-order valence-corrected chi connectivity index (χ0v) is 16.7. The lowest BCUT2D eigenvalue weighted by Crippen LogP contribution is -2.03. The predicted octanol–water partition coefficient (Wildman–Crippen LogP) is 4.80. The molecule has 0 saturated heterocycles. The van der Waals surface area contributed by atoms with Gasteiger partial charge in [0.25, 0.3) is 11.4 Å². The van der Waals surface area contributed by atoms with E-state index in [1.165, 1.54) is 53.9 Å². The first kappa shape index (κ1) is 20.6. The number of non-ortho nitro benzene ring substituents is 1. The molecule has 0 atom stereocenters. The highest BCUT2D eigenvalue weighted by atomic mass is 32.1. The van der Waals surface area contributed by atoms with Crippen LogP contribution in [0.5, 0.6) is 0 Å². The molecule has 156 valence electrons. The van der Waals surface area contributed by atoms with E-state index >= 15 is 0 Å². The topological polar surface area (TPSA) is 153 Å². The van der Waals surface area contributed by atoms with Crippen LogP contribution in [-0.4, -0.2) is 14.8 Å². The number of hydrogen-bond donors (Lipinski definition) is 0. The number of nitro benzene ring substituents is 2. The Morgan fingerprint density at radius 1 is 1.12 bits per heavy atom. The summed E-state index contributed by atoms with van der Waals surface area (Å²) in [6.45, 7) is 0. The Kier molecular flexibility index (Phi) is 5.28. The molecule has 4 aromatic rings. The van der Waals surface area contributed by atoms with Gasteiger partial charge in [-0.1, -0.05) is 12.1 Å². The zero-order valence-electron chi connectivity index (χ0n) is 15.9. The highest BCUT2D eigenvalue weighted by molar-refractivity contribution is 7.11. The minimum atomic E-state index is -0.690. The first-order valence-electron chi connectivity index (χ1n) is 8.91. The van der Waals surface area contributed by atoms with Crippen molar-refractivity contribution in [2.75, 3.05) is 0 Å². The number of rotatable bonds is 5. The van der Waals surface area contributed by atoms with E-state index in [4.69, 9.17) is 4.42 Å². The average molecular weight is 446 g/mol. The summed E-state index contributed by atoms with van der Waals surface area (Å²) in [6, 6.07) is 13.2. The van der Waals surface area contributed by atoms with Crippen molar-refractivity contribution >= 4 is 45.3 Å². The maximum Gasteiger partial charge on any atom is 0.345 e. The van der Waals surface area contributed by atoms with E-state index in [0.29, 0.717) is 5.39 Å². The molecule has 0 unspecified atom stereocenters. The molecule has 32 heavy (non-hydrogen) atoms. The van der Waals surface area contributed by atoms with Crippen LogP contribution in [0.1, 0.15) is 10.6 Å². The van der Waals surface area contributed by atoms with Gasteiger partial charge in [0.15, 0.2) is 0 Å². The number of nitrogens with zero attached hydrogens (tertiary/aromatic N) is 4. The molecule has 0 radical (unpaired) electrons. The molecule has 0 amide bonds. The third-order valence-electron chi connectivity index (χ3n) is 4.49. The monoisotopic (exact) mass is 446 g/mol. The Hall–Kier alpha value is -4.69. The van der Waals surface area contributed by atoms with Crippen LogP contribution >= 0.6 is 11.3 Å². The van der Waals surface area contributed by atoms with Crippen LogP contribution < -0.4 is 5.63 Å². The van der Waals surface area contributed by atoms with E-state index in [-0.39, 0.29) is 44.4 Å². The van der Waals surface area contributed by atoms with Crippen molar-refractivity contribution in [3.8, 4) is 17.3 Å². The summed E-state index contributed by atoms with van der Waals surface area (Å²) >= 11 is 1.07. The molecule has 0 bridgehead atoms. The SMILES string of the molecule is N#CC(=Cc1ccccc1[N+](=O)[O-])c1nc(-c2cc3cc([N+](=O)[O-])ccc3oc2=O)cs1. The highest BCUT2D eigenvalue weighted by Gasteiger charge is 2.17. The molecule has 0 N–H and O–H groups in total. The summed E-state index contributed by atoms with van der Waals surface area (Å²) < 4.78 is 5.25. The largest absolute Gasteiger partial charge is 0.422 e. The average Bonchev–Trinajstić information content (AvgIpc) is 3.26. The van der Waals surface area contributed by atoms with E-state index in [1.807, 2.05) is 6.07 Å².